The van der Waals surface area contributed by atoms with E-state index in [2.05, 4.69) is 15.5 Å². The van der Waals surface area contributed by atoms with Crippen LogP contribution in [0.15, 0.2) is 59.0 Å². The van der Waals surface area contributed by atoms with E-state index in [4.69, 9.17) is 11.6 Å². The first-order valence-corrected chi connectivity index (χ1v) is 9.32. The Hall–Kier alpha value is -3.23. The number of halogens is 1. The van der Waals surface area contributed by atoms with Gasteiger partial charge in [-0.25, -0.2) is 4.98 Å². The number of thiazole rings is 1. The van der Waals surface area contributed by atoms with E-state index in [-0.39, 0.29) is 11.5 Å². The number of anilines is 3. The minimum atomic E-state index is -1.24. The zero-order chi connectivity index (χ0) is 20.1. The van der Waals surface area contributed by atoms with Gasteiger partial charge in [0.05, 0.1) is 29.3 Å². The molecule has 0 aliphatic heterocycles. The van der Waals surface area contributed by atoms with Crippen LogP contribution in [0.4, 0.5) is 16.5 Å². The summed E-state index contributed by atoms with van der Waals surface area (Å²) in [6.07, 6.45) is 1.50. The number of hydrazone groups is 1. The molecule has 1 amide bonds. The first-order valence-electron chi connectivity index (χ1n) is 8.06. The molecule has 28 heavy (non-hydrogen) atoms. The average Bonchev–Trinajstić information content (AvgIpc) is 3.10. The van der Waals surface area contributed by atoms with E-state index in [9.17, 15) is 14.7 Å². The number of carboxylic acids is 1. The second-order valence-corrected chi connectivity index (χ2v) is 6.90. The van der Waals surface area contributed by atoms with Gasteiger partial charge in [-0.1, -0.05) is 29.8 Å². The van der Waals surface area contributed by atoms with E-state index in [0.717, 1.165) is 0 Å². The largest absolute Gasteiger partial charge is 0.545 e. The van der Waals surface area contributed by atoms with Crippen molar-refractivity contribution >= 4 is 57.5 Å². The predicted octanol–water partition coefficient (Wildman–Crippen LogP) is 3.29. The summed E-state index contributed by atoms with van der Waals surface area (Å²) in [7, 11) is 0. The van der Waals surface area contributed by atoms with Crippen LogP contribution in [0.1, 0.15) is 23.0 Å². The first kappa shape index (κ1) is 19.5. The van der Waals surface area contributed by atoms with E-state index in [1.54, 1.807) is 41.8 Å². The van der Waals surface area contributed by atoms with Crippen LogP contribution in [0.3, 0.4) is 0 Å². The Labute approximate surface area is 169 Å². The second kappa shape index (κ2) is 8.64. The highest BCUT2D eigenvalue weighted by Crippen LogP contribution is 2.30. The van der Waals surface area contributed by atoms with E-state index in [0.29, 0.717) is 27.2 Å². The predicted molar refractivity (Wildman–Crippen MR) is 108 cm³/mol. The van der Waals surface area contributed by atoms with Gasteiger partial charge in [0.1, 0.15) is 0 Å². The standard InChI is InChI=1S/C19H15ClN4O3S/c1-12(25)24(17-4-2-3-14(20)9-17)19-22-16(11-28-19)10-21-23-15-7-5-13(6-8-15)18(26)27/h2-11,23H,1H3,(H,26,27)/p-1/b21-10-. The van der Waals surface area contributed by atoms with Crippen LogP contribution in [0, 0.1) is 0 Å². The molecule has 2 aromatic carbocycles. The number of amides is 1. The van der Waals surface area contributed by atoms with Crippen molar-refractivity contribution in [3.05, 3.63) is 70.2 Å². The number of nitrogens with one attached hydrogen (secondary N) is 1. The number of carbonyl (C=O) groups is 2. The summed E-state index contributed by atoms with van der Waals surface area (Å²) in [5.41, 5.74) is 4.67. The number of hydrogen-bond donors (Lipinski definition) is 1. The molecule has 9 heteroatoms. The molecule has 1 N–H and O–H groups in total. The van der Waals surface area contributed by atoms with Crippen molar-refractivity contribution in [3.63, 3.8) is 0 Å². The number of carboxylic acid groups (broad SMARTS) is 1. The van der Waals surface area contributed by atoms with Crippen LogP contribution < -0.4 is 15.4 Å². The number of benzene rings is 2. The normalized spacial score (nSPS) is 10.8. The highest BCUT2D eigenvalue weighted by molar-refractivity contribution is 7.14. The van der Waals surface area contributed by atoms with E-state index >= 15 is 0 Å². The molecular formula is C19H14ClN4O3S-. The van der Waals surface area contributed by atoms with Gasteiger partial charge in [0.2, 0.25) is 5.91 Å². The monoisotopic (exact) mass is 413 g/mol. The molecular weight excluding hydrogens is 400 g/mol. The van der Waals surface area contributed by atoms with Crippen molar-refractivity contribution in [2.24, 2.45) is 5.10 Å². The van der Waals surface area contributed by atoms with Crippen LogP contribution in [0.2, 0.25) is 5.02 Å². The SMILES string of the molecule is CC(=O)N(c1cccc(Cl)c1)c1nc(/C=N\Nc2ccc(C(=O)[O-])cc2)cs1. The molecule has 0 saturated heterocycles. The molecule has 1 aromatic heterocycles. The fourth-order valence-electron chi connectivity index (χ4n) is 2.33. The van der Waals surface area contributed by atoms with Gasteiger partial charge >= 0.3 is 0 Å². The van der Waals surface area contributed by atoms with Gasteiger partial charge in [-0.05, 0) is 35.9 Å². The van der Waals surface area contributed by atoms with Crippen LogP contribution in [-0.2, 0) is 4.79 Å². The molecule has 0 unspecified atom stereocenters. The number of rotatable bonds is 6. The van der Waals surface area contributed by atoms with E-state index in [1.165, 1.54) is 41.5 Å². The molecule has 0 radical (unpaired) electrons. The smallest absolute Gasteiger partial charge is 0.230 e. The van der Waals surface area contributed by atoms with Crippen molar-refractivity contribution in [2.45, 2.75) is 6.92 Å². The fraction of sp³-hybridized carbons (Fsp3) is 0.0526. The Morgan fingerprint density at radius 2 is 2.00 bits per heavy atom. The molecule has 0 atom stereocenters. The van der Waals surface area contributed by atoms with E-state index < -0.39 is 5.97 Å². The molecule has 0 fully saturated rings. The van der Waals surface area contributed by atoms with Crippen LogP contribution >= 0.6 is 22.9 Å². The minimum Gasteiger partial charge on any atom is -0.545 e. The lowest BCUT2D eigenvalue weighted by Crippen LogP contribution is -2.22. The maximum absolute atomic E-state index is 12.1. The number of aromatic nitrogens is 1. The summed E-state index contributed by atoms with van der Waals surface area (Å²) in [4.78, 5) is 28.7. The molecule has 142 valence electrons. The zero-order valence-corrected chi connectivity index (χ0v) is 16.2. The van der Waals surface area contributed by atoms with Crippen molar-refractivity contribution < 1.29 is 14.7 Å². The van der Waals surface area contributed by atoms with Crippen molar-refractivity contribution in [3.8, 4) is 0 Å². The third-order valence-electron chi connectivity index (χ3n) is 3.59. The molecule has 0 spiro atoms. The first-order chi connectivity index (χ1) is 13.4. The number of hydrogen-bond acceptors (Lipinski definition) is 7. The number of nitrogens with zero attached hydrogens (tertiary/aromatic N) is 3. The maximum atomic E-state index is 12.1. The Morgan fingerprint density at radius 1 is 1.25 bits per heavy atom. The summed E-state index contributed by atoms with van der Waals surface area (Å²) in [6, 6.07) is 13.0. The molecule has 7 nitrogen and oxygen atoms in total. The van der Waals surface area contributed by atoms with Gasteiger partial charge in [-0.2, -0.15) is 5.10 Å². The Morgan fingerprint density at radius 3 is 2.64 bits per heavy atom. The maximum Gasteiger partial charge on any atom is 0.230 e. The lowest BCUT2D eigenvalue weighted by Gasteiger charge is -2.18. The highest BCUT2D eigenvalue weighted by Gasteiger charge is 2.17. The lowest BCUT2D eigenvalue weighted by atomic mass is 10.2. The summed E-state index contributed by atoms with van der Waals surface area (Å²) in [5.74, 6) is -1.42. The third kappa shape index (κ3) is 4.73. The molecule has 0 aliphatic carbocycles. The van der Waals surface area contributed by atoms with Gasteiger partial charge in [0.15, 0.2) is 5.13 Å². The van der Waals surface area contributed by atoms with Gasteiger partial charge < -0.3 is 9.90 Å². The van der Waals surface area contributed by atoms with Crippen molar-refractivity contribution in [1.29, 1.82) is 0 Å². The van der Waals surface area contributed by atoms with Crippen LogP contribution in [0.5, 0.6) is 0 Å². The fourth-order valence-corrected chi connectivity index (χ4v) is 3.36. The number of aromatic carboxylic acids is 1. The summed E-state index contributed by atoms with van der Waals surface area (Å²) < 4.78 is 0. The molecule has 1 heterocycles. The van der Waals surface area contributed by atoms with E-state index in [1.807, 2.05) is 0 Å². The second-order valence-electron chi connectivity index (χ2n) is 5.62. The quantitative estimate of drug-likeness (QED) is 0.494. The summed E-state index contributed by atoms with van der Waals surface area (Å²) in [6.45, 7) is 1.45. The van der Waals surface area contributed by atoms with Gasteiger partial charge in [-0.15, -0.1) is 11.3 Å². The molecule has 0 bridgehead atoms. The molecule has 3 rings (SSSR count). The third-order valence-corrected chi connectivity index (χ3v) is 4.67. The minimum absolute atomic E-state index is 0.0870. The Balaban J connectivity index is 1.72. The molecule has 0 aliphatic rings. The molecule has 0 saturated carbocycles. The average molecular weight is 414 g/mol. The van der Waals surface area contributed by atoms with Gasteiger partial charge in [-0.3, -0.25) is 15.1 Å². The molecule has 3 aromatic rings. The number of carbonyl (C=O) groups excluding carboxylic acids is 2. The Kier molecular flexibility index (Phi) is 6.03. The van der Waals surface area contributed by atoms with Gasteiger partial charge in [0, 0.05) is 17.3 Å². The lowest BCUT2D eigenvalue weighted by molar-refractivity contribution is -0.255. The zero-order valence-electron chi connectivity index (χ0n) is 14.6. The van der Waals surface area contributed by atoms with Crippen molar-refractivity contribution in [2.75, 3.05) is 10.3 Å². The summed E-state index contributed by atoms with van der Waals surface area (Å²) in [5, 5.41) is 17.6. The highest BCUT2D eigenvalue weighted by atomic mass is 35.5. The van der Waals surface area contributed by atoms with Crippen molar-refractivity contribution in [1.82, 2.24) is 4.98 Å². The van der Waals surface area contributed by atoms with Gasteiger partial charge in [0.25, 0.3) is 0 Å². The van der Waals surface area contributed by atoms with Crippen LogP contribution in [-0.4, -0.2) is 23.1 Å². The topological polar surface area (TPSA) is 97.7 Å². The summed E-state index contributed by atoms with van der Waals surface area (Å²) >= 11 is 7.32. The Bertz CT molecular complexity index is 1030. The van der Waals surface area contributed by atoms with Crippen LogP contribution in [0.25, 0.3) is 0 Å².